The third-order valence-corrected chi connectivity index (χ3v) is 3.97. The Morgan fingerprint density at radius 2 is 2.29 bits per heavy atom. The van der Waals surface area contributed by atoms with Crippen LogP contribution in [0.25, 0.3) is 0 Å². The Morgan fingerprint density at radius 3 is 2.71 bits per heavy atom. The molecule has 1 aliphatic rings. The Kier molecular flexibility index (Phi) is 4.75. The number of rotatable bonds is 6. The van der Waals surface area contributed by atoms with Crippen molar-refractivity contribution in [2.45, 2.75) is 36.7 Å². The highest BCUT2D eigenvalue weighted by molar-refractivity contribution is 8.01. The van der Waals surface area contributed by atoms with Crippen LogP contribution in [-0.4, -0.2) is 35.3 Å². The molecule has 1 fully saturated rings. The number of methoxy groups -OCH3 is 1. The van der Waals surface area contributed by atoms with Crippen molar-refractivity contribution in [1.82, 2.24) is 0 Å². The second kappa shape index (κ2) is 5.61. The minimum atomic E-state index is -0.109. The van der Waals surface area contributed by atoms with E-state index in [-0.39, 0.29) is 17.8 Å². The van der Waals surface area contributed by atoms with Crippen LogP contribution in [0.4, 0.5) is 0 Å². The summed E-state index contributed by atoms with van der Waals surface area (Å²) in [5, 5.41) is 9.08. The van der Waals surface area contributed by atoms with Crippen molar-refractivity contribution >= 4 is 17.7 Å². The molecule has 2 atom stereocenters. The maximum Gasteiger partial charge on any atom is 0.319 e. The van der Waals surface area contributed by atoms with Crippen LogP contribution in [0.15, 0.2) is 0 Å². The Bertz CT molecular complexity index is 192. The van der Waals surface area contributed by atoms with Crippen LogP contribution >= 0.6 is 11.8 Å². The molecule has 1 rings (SSSR count). The summed E-state index contributed by atoms with van der Waals surface area (Å²) in [6.07, 6.45) is 3.02. The van der Waals surface area contributed by atoms with Gasteiger partial charge in [-0.15, -0.1) is 11.8 Å². The van der Waals surface area contributed by atoms with Crippen LogP contribution in [0.2, 0.25) is 0 Å². The molecule has 1 N–H and O–H groups in total. The van der Waals surface area contributed by atoms with Crippen molar-refractivity contribution in [3.05, 3.63) is 0 Å². The normalized spacial score (nSPS) is 20.2. The molecule has 14 heavy (non-hydrogen) atoms. The number of hydrogen-bond donors (Lipinski definition) is 1. The molecule has 0 heterocycles. The molecule has 0 amide bonds. The van der Waals surface area contributed by atoms with Gasteiger partial charge in [-0.3, -0.25) is 4.79 Å². The van der Waals surface area contributed by atoms with Gasteiger partial charge in [0.25, 0.3) is 0 Å². The van der Waals surface area contributed by atoms with Crippen LogP contribution in [0, 0.1) is 5.92 Å². The van der Waals surface area contributed by atoms with E-state index < -0.39 is 0 Å². The molecule has 3 nitrogen and oxygen atoms in total. The summed E-state index contributed by atoms with van der Waals surface area (Å²) in [6.45, 7) is 2.23. The van der Waals surface area contributed by atoms with Gasteiger partial charge in [0.05, 0.1) is 7.11 Å². The molecule has 82 valence electrons. The first kappa shape index (κ1) is 11.9. The zero-order valence-corrected chi connectivity index (χ0v) is 9.55. The monoisotopic (exact) mass is 218 g/mol. The van der Waals surface area contributed by atoms with Crippen molar-refractivity contribution in [3.63, 3.8) is 0 Å². The summed E-state index contributed by atoms with van der Waals surface area (Å²) in [5.41, 5.74) is 0. The third kappa shape index (κ3) is 3.50. The number of thioether (sulfide) groups is 1. The van der Waals surface area contributed by atoms with Gasteiger partial charge >= 0.3 is 5.97 Å². The van der Waals surface area contributed by atoms with Crippen LogP contribution in [-0.2, 0) is 9.53 Å². The van der Waals surface area contributed by atoms with Crippen LogP contribution in [0.3, 0.4) is 0 Å². The molecular formula is C10H18O3S. The molecule has 2 unspecified atom stereocenters. The fourth-order valence-corrected chi connectivity index (χ4v) is 2.82. The second-order valence-corrected chi connectivity index (χ2v) is 5.32. The molecule has 0 aromatic heterocycles. The van der Waals surface area contributed by atoms with Crippen molar-refractivity contribution in [2.24, 2.45) is 5.92 Å². The van der Waals surface area contributed by atoms with Crippen LogP contribution in [0.5, 0.6) is 0 Å². The molecule has 0 radical (unpaired) electrons. The van der Waals surface area contributed by atoms with Gasteiger partial charge in [-0.1, -0.05) is 6.92 Å². The van der Waals surface area contributed by atoms with Crippen molar-refractivity contribution in [3.8, 4) is 0 Å². The number of carbonyl (C=O) groups excluding carboxylic acids is 1. The minimum Gasteiger partial charge on any atom is -0.468 e. The van der Waals surface area contributed by atoms with Gasteiger partial charge in [0.1, 0.15) is 5.25 Å². The lowest BCUT2D eigenvalue weighted by molar-refractivity contribution is -0.140. The first-order valence-electron chi connectivity index (χ1n) is 5.03. The van der Waals surface area contributed by atoms with Gasteiger partial charge in [-0.25, -0.2) is 0 Å². The maximum absolute atomic E-state index is 11.4. The van der Waals surface area contributed by atoms with E-state index in [9.17, 15) is 4.79 Å². The molecule has 0 bridgehead atoms. The zero-order valence-electron chi connectivity index (χ0n) is 8.73. The fourth-order valence-electron chi connectivity index (χ4n) is 1.37. The molecular weight excluding hydrogens is 200 g/mol. The molecule has 4 heteroatoms. The van der Waals surface area contributed by atoms with E-state index in [0.717, 1.165) is 19.3 Å². The lowest BCUT2D eigenvalue weighted by Crippen LogP contribution is -2.23. The van der Waals surface area contributed by atoms with Gasteiger partial charge in [-0.05, 0) is 25.2 Å². The molecule has 0 aromatic rings. The Morgan fingerprint density at radius 1 is 1.64 bits per heavy atom. The molecule has 1 aliphatic carbocycles. The van der Waals surface area contributed by atoms with Crippen LogP contribution in [0.1, 0.15) is 26.2 Å². The first-order chi connectivity index (χ1) is 6.69. The standard InChI is InChI=1S/C10H18O3S/c1-7(5-6-11)14-9(8-3-4-8)10(12)13-2/h7-9,11H,3-6H2,1-2H3. The molecule has 0 aromatic carbocycles. The number of ether oxygens (including phenoxy) is 1. The molecule has 0 spiro atoms. The van der Waals surface area contributed by atoms with Crippen molar-refractivity contribution in [1.29, 1.82) is 0 Å². The summed E-state index contributed by atoms with van der Waals surface area (Å²) in [7, 11) is 1.44. The first-order valence-corrected chi connectivity index (χ1v) is 5.97. The summed E-state index contributed by atoms with van der Waals surface area (Å²) in [6, 6.07) is 0. The summed E-state index contributed by atoms with van der Waals surface area (Å²) >= 11 is 1.64. The Labute approximate surface area is 89.2 Å². The molecule has 0 aliphatic heterocycles. The maximum atomic E-state index is 11.4. The smallest absolute Gasteiger partial charge is 0.319 e. The van der Waals surface area contributed by atoms with Crippen molar-refractivity contribution in [2.75, 3.05) is 13.7 Å². The average molecular weight is 218 g/mol. The predicted octanol–water partition coefficient (Wildman–Crippen LogP) is 1.44. The van der Waals surface area contributed by atoms with Gasteiger partial charge < -0.3 is 9.84 Å². The Balaban J connectivity index is 2.38. The van der Waals surface area contributed by atoms with E-state index in [0.29, 0.717) is 11.2 Å². The highest BCUT2D eigenvalue weighted by atomic mass is 32.2. The van der Waals surface area contributed by atoms with Gasteiger partial charge in [0.15, 0.2) is 0 Å². The third-order valence-electron chi connectivity index (χ3n) is 2.40. The summed E-state index contributed by atoms with van der Waals surface area (Å²) in [5.74, 6) is 0.399. The highest BCUT2D eigenvalue weighted by Crippen LogP contribution is 2.41. The SMILES string of the molecule is COC(=O)C(SC(C)CCO)C1CC1. The summed E-state index contributed by atoms with van der Waals surface area (Å²) < 4.78 is 4.77. The minimum absolute atomic E-state index is 0.0125. The predicted molar refractivity (Wildman–Crippen MR) is 57.3 cm³/mol. The average Bonchev–Trinajstić information content (AvgIpc) is 2.97. The second-order valence-electron chi connectivity index (χ2n) is 3.74. The van der Waals surface area contributed by atoms with E-state index >= 15 is 0 Å². The molecule has 1 saturated carbocycles. The highest BCUT2D eigenvalue weighted by Gasteiger charge is 2.38. The Hall–Kier alpha value is -0.220. The van der Waals surface area contributed by atoms with Crippen LogP contribution < -0.4 is 0 Å². The number of aliphatic hydroxyl groups excluding tert-OH is 1. The van der Waals surface area contributed by atoms with Gasteiger partial charge in [0, 0.05) is 11.9 Å². The van der Waals surface area contributed by atoms with E-state index in [1.807, 2.05) is 6.92 Å². The van der Waals surface area contributed by atoms with Gasteiger partial charge in [-0.2, -0.15) is 0 Å². The molecule has 0 saturated heterocycles. The van der Waals surface area contributed by atoms with E-state index in [1.165, 1.54) is 7.11 Å². The van der Waals surface area contributed by atoms with E-state index in [4.69, 9.17) is 9.84 Å². The van der Waals surface area contributed by atoms with E-state index in [1.54, 1.807) is 11.8 Å². The quantitative estimate of drug-likeness (QED) is 0.685. The van der Waals surface area contributed by atoms with Crippen molar-refractivity contribution < 1.29 is 14.6 Å². The zero-order chi connectivity index (χ0) is 10.6. The van der Waals surface area contributed by atoms with E-state index in [2.05, 4.69) is 0 Å². The topological polar surface area (TPSA) is 46.5 Å². The number of esters is 1. The number of aliphatic hydroxyl groups is 1. The number of carbonyl (C=O) groups is 1. The lowest BCUT2D eigenvalue weighted by atomic mass is 10.3. The number of hydrogen-bond acceptors (Lipinski definition) is 4. The largest absolute Gasteiger partial charge is 0.468 e. The fraction of sp³-hybridized carbons (Fsp3) is 0.900. The van der Waals surface area contributed by atoms with Gasteiger partial charge in [0.2, 0.25) is 0 Å². The lowest BCUT2D eigenvalue weighted by Gasteiger charge is -2.17. The summed E-state index contributed by atoms with van der Waals surface area (Å²) in [4.78, 5) is 11.4.